The van der Waals surface area contributed by atoms with Crippen molar-refractivity contribution < 1.29 is 19.1 Å². The molecule has 6 nitrogen and oxygen atoms in total. The minimum atomic E-state index is -0.776. The van der Waals surface area contributed by atoms with Crippen molar-refractivity contribution in [2.24, 2.45) is 0 Å². The number of benzene rings is 3. The molecular weight excluding hydrogens is 484 g/mol. The second-order valence-corrected chi connectivity index (χ2v) is 8.62. The average molecular weight is 505 g/mol. The molecule has 0 aromatic heterocycles. The van der Waals surface area contributed by atoms with Crippen LogP contribution in [0.1, 0.15) is 22.3 Å². The number of rotatable bonds is 5. The van der Waals surface area contributed by atoms with Crippen LogP contribution in [-0.2, 0) is 16.2 Å². The molecule has 0 atom stereocenters. The molecular formula is C26H21BrN2O4. The second-order valence-electron chi connectivity index (χ2n) is 7.70. The van der Waals surface area contributed by atoms with Crippen LogP contribution in [0.2, 0.25) is 0 Å². The highest BCUT2D eigenvalue weighted by atomic mass is 79.9. The molecule has 0 saturated carbocycles. The smallest absolute Gasteiger partial charge is 0.335 e. The summed E-state index contributed by atoms with van der Waals surface area (Å²) in [6.07, 6.45) is 1.45. The number of amides is 4. The minimum absolute atomic E-state index is 0.156. The fourth-order valence-corrected chi connectivity index (χ4v) is 3.95. The Hall–Kier alpha value is -3.71. The number of ether oxygens (including phenoxy) is 1. The standard InChI is InChI=1S/C26H21BrN2O4/c1-16-6-5-8-18(12-16)15-33-23-11-10-20(27)13-19(23)14-21-24(30)28-26(32)29(25(21)31)22-9-4-3-7-17(22)2/h3-14H,15H2,1-2H3,(H,28,30,32)/b21-14+. The highest BCUT2D eigenvalue weighted by Crippen LogP contribution is 2.29. The van der Waals surface area contributed by atoms with Crippen molar-refractivity contribution >= 4 is 45.5 Å². The first-order chi connectivity index (χ1) is 15.8. The summed E-state index contributed by atoms with van der Waals surface area (Å²) in [5.41, 5.74) is 3.66. The summed E-state index contributed by atoms with van der Waals surface area (Å²) in [6, 6.07) is 19.5. The third-order valence-electron chi connectivity index (χ3n) is 5.21. The average Bonchev–Trinajstić information content (AvgIpc) is 2.77. The molecule has 1 aliphatic heterocycles. The van der Waals surface area contributed by atoms with Gasteiger partial charge < -0.3 is 4.74 Å². The molecule has 1 heterocycles. The van der Waals surface area contributed by atoms with Gasteiger partial charge in [0.15, 0.2) is 0 Å². The Morgan fingerprint density at radius 2 is 1.76 bits per heavy atom. The number of imide groups is 2. The van der Waals surface area contributed by atoms with E-state index in [2.05, 4.69) is 21.2 Å². The number of nitrogens with one attached hydrogen (secondary N) is 1. The Morgan fingerprint density at radius 1 is 0.970 bits per heavy atom. The summed E-state index contributed by atoms with van der Waals surface area (Å²) in [5.74, 6) is -0.936. The third-order valence-corrected chi connectivity index (χ3v) is 5.70. The van der Waals surface area contributed by atoms with E-state index in [9.17, 15) is 14.4 Å². The predicted octanol–water partition coefficient (Wildman–Crippen LogP) is 5.31. The Kier molecular flexibility index (Phi) is 6.42. The molecule has 7 heteroatoms. The van der Waals surface area contributed by atoms with Gasteiger partial charge in [-0.1, -0.05) is 64.0 Å². The minimum Gasteiger partial charge on any atom is -0.488 e. The molecule has 1 fully saturated rings. The van der Waals surface area contributed by atoms with Gasteiger partial charge in [-0.15, -0.1) is 0 Å². The van der Waals surface area contributed by atoms with Crippen molar-refractivity contribution in [2.45, 2.75) is 20.5 Å². The van der Waals surface area contributed by atoms with Crippen LogP contribution in [-0.4, -0.2) is 17.8 Å². The largest absolute Gasteiger partial charge is 0.488 e. The zero-order valence-electron chi connectivity index (χ0n) is 18.1. The number of halogens is 1. The van der Waals surface area contributed by atoms with E-state index in [1.54, 1.807) is 37.3 Å². The first kappa shape index (κ1) is 22.5. The van der Waals surface area contributed by atoms with Gasteiger partial charge in [-0.05, 0) is 55.3 Å². The van der Waals surface area contributed by atoms with Crippen LogP contribution in [0.4, 0.5) is 10.5 Å². The first-order valence-corrected chi connectivity index (χ1v) is 11.1. The lowest BCUT2D eigenvalue weighted by molar-refractivity contribution is -0.122. The molecule has 0 unspecified atom stereocenters. The number of carbonyl (C=O) groups is 3. The van der Waals surface area contributed by atoms with Crippen molar-refractivity contribution in [3.05, 3.63) is 99.0 Å². The molecule has 0 aliphatic carbocycles. The molecule has 3 aromatic carbocycles. The maximum absolute atomic E-state index is 13.2. The van der Waals surface area contributed by atoms with Crippen molar-refractivity contribution in [3.63, 3.8) is 0 Å². The summed E-state index contributed by atoms with van der Waals surface area (Å²) in [5, 5.41) is 2.26. The molecule has 33 heavy (non-hydrogen) atoms. The summed E-state index contributed by atoms with van der Waals surface area (Å²) >= 11 is 3.43. The summed E-state index contributed by atoms with van der Waals surface area (Å²) < 4.78 is 6.77. The molecule has 0 bridgehead atoms. The van der Waals surface area contributed by atoms with Gasteiger partial charge in [0.25, 0.3) is 11.8 Å². The number of para-hydroxylation sites is 1. The van der Waals surface area contributed by atoms with Crippen molar-refractivity contribution in [1.82, 2.24) is 5.32 Å². The number of hydrogen-bond donors (Lipinski definition) is 1. The van der Waals surface area contributed by atoms with E-state index in [-0.39, 0.29) is 5.57 Å². The van der Waals surface area contributed by atoms with Crippen molar-refractivity contribution in [1.29, 1.82) is 0 Å². The predicted molar refractivity (Wildman–Crippen MR) is 130 cm³/mol. The zero-order chi connectivity index (χ0) is 23.5. The fourth-order valence-electron chi connectivity index (χ4n) is 3.57. The van der Waals surface area contributed by atoms with Gasteiger partial charge in [0.1, 0.15) is 17.9 Å². The molecule has 3 aromatic rings. The number of nitrogens with zero attached hydrogens (tertiary/aromatic N) is 1. The summed E-state index contributed by atoms with van der Waals surface area (Å²) in [4.78, 5) is 39.3. The maximum Gasteiger partial charge on any atom is 0.335 e. The summed E-state index contributed by atoms with van der Waals surface area (Å²) in [6.45, 7) is 4.13. The molecule has 166 valence electrons. The van der Waals surface area contributed by atoms with Gasteiger partial charge in [0.2, 0.25) is 0 Å². The van der Waals surface area contributed by atoms with Gasteiger partial charge in [-0.25, -0.2) is 9.69 Å². The number of barbiturate groups is 1. The molecule has 4 amide bonds. The molecule has 1 aliphatic rings. The van der Waals surface area contributed by atoms with Gasteiger partial charge >= 0.3 is 6.03 Å². The van der Waals surface area contributed by atoms with E-state index >= 15 is 0 Å². The SMILES string of the molecule is Cc1cccc(COc2ccc(Br)cc2/C=C2\C(=O)NC(=O)N(c3ccccc3C)C2=O)c1. The fraction of sp³-hybridized carbons (Fsp3) is 0.115. The van der Waals surface area contributed by atoms with Crippen LogP contribution >= 0.6 is 15.9 Å². The van der Waals surface area contributed by atoms with Crippen molar-refractivity contribution in [2.75, 3.05) is 4.90 Å². The van der Waals surface area contributed by atoms with E-state index < -0.39 is 17.8 Å². The number of anilines is 1. The second kappa shape index (κ2) is 9.42. The Morgan fingerprint density at radius 3 is 2.52 bits per heavy atom. The Labute approximate surface area is 200 Å². The lowest BCUT2D eigenvalue weighted by Crippen LogP contribution is -2.54. The first-order valence-electron chi connectivity index (χ1n) is 10.3. The van der Waals surface area contributed by atoms with E-state index in [1.165, 1.54) is 6.08 Å². The molecule has 1 saturated heterocycles. The topological polar surface area (TPSA) is 75.7 Å². The van der Waals surface area contributed by atoms with E-state index in [1.807, 2.05) is 43.3 Å². The normalized spacial score (nSPS) is 15.1. The number of carbonyl (C=O) groups excluding carboxylic acids is 3. The molecule has 0 spiro atoms. The van der Waals surface area contributed by atoms with Gasteiger partial charge in [0, 0.05) is 10.0 Å². The highest BCUT2D eigenvalue weighted by Gasteiger charge is 2.37. The van der Waals surface area contributed by atoms with E-state index in [4.69, 9.17) is 4.74 Å². The van der Waals surface area contributed by atoms with Gasteiger partial charge in [-0.3, -0.25) is 14.9 Å². The van der Waals surface area contributed by atoms with Crippen LogP contribution in [0.5, 0.6) is 5.75 Å². The molecule has 0 radical (unpaired) electrons. The quantitative estimate of drug-likeness (QED) is 0.377. The van der Waals surface area contributed by atoms with Gasteiger partial charge in [-0.2, -0.15) is 0 Å². The molecule has 4 rings (SSSR count). The van der Waals surface area contributed by atoms with E-state index in [0.29, 0.717) is 23.6 Å². The summed E-state index contributed by atoms with van der Waals surface area (Å²) in [7, 11) is 0. The van der Waals surface area contributed by atoms with Crippen LogP contribution in [0.3, 0.4) is 0 Å². The number of urea groups is 1. The Balaban J connectivity index is 1.69. The lowest BCUT2D eigenvalue weighted by atomic mass is 10.0. The van der Waals surface area contributed by atoms with Crippen LogP contribution in [0.15, 0.2) is 76.8 Å². The maximum atomic E-state index is 13.2. The number of hydrogen-bond acceptors (Lipinski definition) is 4. The van der Waals surface area contributed by atoms with Crippen LogP contribution < -0.4 is 15.0 Å². The van der Waals surface area contributed by atoms with Gasteiger partial charge in [0.05, 0.1) is 5.69 Å². The molecule has 1 N–H and O–H groups in total. The van der Waals surface area contributed by atoms with Crippen LogP contribution in [0, 0.1) is 13.8 Å². The monoisotopic (exact) mass is 504 g/mol. The lowest BCUT2D eigenvalue weighted by Gasteiger charge is -2.27. The third kappa shape index (κ3) is 4.88. The zero-order valence-corrected chi connectivity index (χ0v) is 19.7. The van der Waals surface area contributed by atoms with E-state index in [0.717, 1.165) is 26.1 Å². The van der Waals surface area contributed by atoms with Crippen LogP contribution in [0.25, 0.3) is 6.08 Å². The van der Waals surface area contributed by atoms with Crippen molar-refractivity contribution in [3.8, 4) is 5.75 Å². The number of aryl methyl sites for hydroxylation is 2. The Bertz CT molecular complexity index is 1300. The highest BCUT2D eigenvalue weighted by molar-refractivity contribution is 9.10.